The average Bonchev–Trinajstić information content (AvgIpc) is 3.00. The maximum atomic E-state index is 13.2. The number of carbonyl (C=O) groups is 1. The predicted octanol–water partition coefficient (Wildman–Crippen LogP) is 3.18. The Bertz CT molecular complexity index is 896. The van der Waals surface area contributed by atoms with E-state index >= 15 is 0 Å². The van der Waals surface area contributed by atoms with Gasteiger partial charge >= 0.3 is 5.97 Å². The number of hydrogen-bond acceptors (Lipinski definition) is 3. The van der Waals surface area contributed by atoms with E-state index in [1.54, 1.807) is 0 Å². The van der Waals surface area contributed by atoms with Gasteiger partial charge in [0.25, 0.3) is 0 Å². The third-order valence-corrected chi connectivity index (χ3v) is 6.55. The van der Waals surface area contributed by atoms with E-state index in [2.05, 4.69) is 47.1 Å². The second-order valence-electron chi connectivity index (χ2n) is 7.69. The van der Waals surface area contributed by atoms with Crippen molar-refractivity contribution in [3.8, 4) is 0 Å². The largest absolute Gasteiger partial charge is 0.468 e. The molecule has 25 heavy (non-hydrogen) atoms. The van der Waals surface area contributed by atoms with Crippen molar-refractivity contribution in [2.45, 2.75) is 37.6 Å². The molecule has 1 aliphatic carbocycles. The van der Waals surface area contributed by atoms with E-state index in [0.29, 0.717) is 5.92 Å². The highest BCUT2D eigenvalue weighted by molar-refractivity contribution is 5.92. The van der Waals surface area contributed by atoms with Gasteiger partial charge in [0.05, 0.1) is 13.2 Å². The van der Waals surface area contributed by atoms with Gasteiger partial charge in [0.15, 0.2) is 0 Å². The molecule has 2 aromatic rings. The molecule has 0 spiro atoms. The summed E-state index contributed by atoms with van der Waals surface area (Å²) < 4.78 is 5.41. The van der Waals surface area contributed by atoms with Crippen LogP contribution in [0.5, 0.6) is 0 Å². The van der Waals surface area contributed by atoms with Gasteiger partial charge < -0.3 is 9.72 Å². The number of carbonyl (C=O) groups excluding carboxylic acids is 1. The van der Waals surface area contributed by atoms with Crippen LogP contribution < -0.4 is 0 Å². The van der Waals surface area contributed by atoms with Crippen LogP contribution in [0.3, 0.4) is 0 Å². The highest BCUT2D eigenvalue weighted by atomic mass is 16.5. The molecule has 0 radical (unpaired) electrons. The van der Waals surface area contributed by atoms with Crippen molar-refractivity contribution < 1.29 is 9.53 Å². The van der Waals surface area contributed by atoms with E-state index in [1.807, 2.05) is 0 Å². The minimum atomic E-state index is -0.595. The molecule has 0 amide bonds. The van der Waals surface area contributed by atoms with Gasteiger partial charge in [0, 0.05) is 29.7 Å². The standard InChI is InChI=1S/C21H24N2O2/c1-3-14-10-13-11-21(20(24)25-2)18-16(8-9-23(12-13)19(14)21)15-6-4-5-7-17(15)22-18/h4-7,10,13,19,22H,3,8-9,11-12H2,1-2H3/t13?,19?,21-/m0/s1. The van der Waals surface area contributed by atoms with E-state index in [9.17, 15) is 4.79 Å². The molecule has 1 aromatic carbocycles. The Kier molecular flexibility index (Phi) is 3.17. The number of aromatic amines is 1. The van der Waals surface area contributed by atoms with Gasteiger partial charge in [-0.15, -0.1) is 0 Å². The van der Waals surface area contributed by atoms with E-state index < -0.39 is 5.41 Å². The number of para-hydroxylation sites is 1. The maximum Gasteiger partial charge on any atom is 0.319 e. The Morgan fingerprint density at radius 2 is 2.24 bits per heavy atom. The van der Waals surface area contributed by atoms with E-state index in [-0.39, 0.29) is 12.0 Å². The molecule has 4 bridgehead atoms. The Morgan fingerprint density at radius 1 is 1.40 bits per heavy atom. The molecule has 4 heterocycles. The zero-order chi connectivity index (χ0) is 17.2. The number of methoxy groups -OCH3 is 1. The summed E-state index contributed by atoms with van der Waals surface area (Å²) in [6.07, 6.45) is 5.25. The molecular formula is C21H24N2O2. The van der Waals surface area contributed by atoms with Crippen molar-refractivity contribution in [1.29, 1.82) is 0 Å². The van der Waals surface area contributed by atoms with E-state index in [0.717, 1.165) is 43.6 Å². The number of esters is 1. The SMILES string of the molecule is CCC1=CC2CN3CCc4c([nH]c5ccccc45)[C@@](C(=O)OC)(C2)C13. The summed E-state index contributed by atoms with van der Waals surface area (Å²) in [7, 11) is 1.53. The number of ether oxygens (including phenoxy) is 1. The fourth-order valence-corrected chi connectivity index (χ4v) is 5.71. The molecule has 4 heteroatoms. The topological polar surface area (TPSA) is 45.3 Å². The van der Waals surface area contributed by atoms with Crippen LogP contribution in [-0.4, -0.2) is 42.1 Å². The van der Waals surface area contributed by atoms with E-state index in [4.69, 9.17) is 4.74 Å². The fraction of sp³-hybridized carbons (Fsp3) is 0.476. The van der Waals surface area contributed by atoms with E-state index in [1.165, 1.54) is 23.6 Å². The molecule has 6 rings (SSSR count). The van der Waals surface area contributed by atoms with Crippen molar-refractivity contribution in [3.05, 3.63) is 47.2 Å². The Balaban J connectivity index is 1.83. The normalized spacial score (nSPS) is 32.9. The third-order valence-electron chi connectivity index (χ3n) is 6.55. The molecule has 4 aliphatic rings. The van der Waals surface area contributed by atoms with Crippen LogP contribution >= 0.6 is 0 Å². The quantitative estimate of drug-likeness (QED) is 0.677. The summed E-state index contributed by atoms with van der Waals surface area (Å²) in [5.74, 6) is 0.345. The van der Waals surface area contributed by atoms with Gasteiger partial charge in [-0.05, 0) is 36.8 Å². The van der Waals surface area contributed by atoms with Gasteiger partial charge in [-0.2, -0.15) is 0 Å². The van der Waals surface area contributed by atoms with Crippen LogP contribution in [0, 0.1) is 5.92 Å². The lowest BCUT2D eigenvalue weighted by molar-refractivity contribution is -0.153. The second kappa shape index (κ2) is 5.21. The van der Waals surface area contributed by atoms with Crippen molar-refractivity contribution in [1.82, 2.24) is 9.88 Å². The van der Waals surface area contributed by atoms with Crippen LogP contribution in [0.25, 0.3) is 10.9 Å². The molecule has 1 fully saturated rings. The molecule has 1 N–H and O–H groups in total. The monoisotopic (exact) mass is 336 g/mol. The Hall–Kier alpha value is -2.07. The van der Waals surface area contributed by atoms with Crippen molar-refractivity contribution in [3.63, 3.8) is 0 Å². The zero-order valence-corrected chi connectivity index (χ0v) is 14.8. The molecule has 3 unspecified atom stereocenters. The minimum absolute atomic E-state index is 0.0824. The summed E-state index contributed by atoms with van der Waals surface area (Å²) in [4.78, 5) is 19.4. The molecule has 4 nitrogen and oxygen atoms in total. The van der Waals surface area contributed by atoms with Crippen LogP contribution in [0.15, 0.2) is 35.9 Å². The number of piperidine rings is 1. The maximum absolute atomic E-state index is 13.2. The lowest BCUT2D eigenvalue weighted by Gasteiger charge is -2.53. The highest BCUT2D eigenvalue weighted by Gasteiger charge is 2.60. The second-order valence-corrected chi connectivity index (χ2v) is 7.69. The summed E-state index contributed by atoms with van der Waals surface area (Å²) >= 11 is 0. The molecular weight excluding hydrogens is 312 g/mol. The smallest absolute Gasteiger partial charge is 0.319 e. The number of hydrogen-bond donors (Lipinski definition) is 1. The number of nitrogens with zero attached hydrogens (tertiary/aromatic N) is 1. The van der Waals surface area contributed by atoms with Gasteiger partial charge in [-0.1, -0.05) is 36.8 Å². The highest BCUT2D eigenvalue weighted by Crippen LogP contribution is 2.52. The van der Waals surface area contributed by atoms with Crippen LogP contribution in [0.2, 0.25) is 0 Å². The Labute approximate surface area is 147 Å². The zero-order valence-electron chi connectivity index (χ0n) is 14.8. The lowest BCUT2D eigenvalue weighted by Crippen LogP contribution is -2.63. The number of nitrogens with one attached hydrogen (secondary N) is 1. The van der Waals surface area contributed by atoms with Gasteiger partial charge in [0.1, 0.15) is 5.41 Å². The molecule has 3 aliphatic heterocycles. The summed E-state index contributed by atoms with van der Waals surface area (Å²) in [6.45, 7) is 4.28. The molecule has 0 saturated carbocycles. The summed E-state index contributed by atoms with van der Waals surface area (Å²) in [6, 6.07) is 8.56. The number of rotatable bonds is 2. The lowest BCUT2D eigenvalue weighted by atomic mass is 9.60. The van der Waals surface area contributed by atoms with Crippen molar-refractivity contribution in [2.24, 2.45) is 5.92 Å². The third kappa shape index (κ3) is 1.83. The first-order valence-corrected chi connectivity index (χ1v) is 9.32. The molecule has 130 valence electrons. The van der Waals surface area contributed by atoms with Gasteiger partial charge in [-0.3, -0.25) is 9.69 Å². The average molecular weight is 336 g/mol. The molecule has 1 aromatic heterocycles. The number of aromatic nitrogens is 1. The van der Waals surface area contributed by atoms with Crippen LogP contribution in [0.4, 0.5) is 0 Å². The first-order chi connectivity index (χ1) is 12.2. The van der Waals surface area contributed by atoms with Gasteiger partial charge in [-0.25, -0.2) is 0 Å². The van der Waals surface area contributed by atoms with Crippen molar-refractivity contribution >= 4 is 16.9 Å². The molecule has 1 saturated heterocycles. The van der Waals surface area contributed by atoms with Crippen LogP contribution in [0.1, 0.15) is 31.0 Å². The Morgan fingerprint density at radius 3 is 3.04 bits per heavy atom. The van der Waals surface area contributed by atoms with Crippen molar-refractivity contribution in [2.75, 3.05) is 20.2 Å². The number of benzene rings is 1. The van der Waals surface area contributed by atoms with Gasteiger partial charge in [0.2, 0.25) is 0 Å². The first kappa shape index (κ1) is 15.2. The summed E-state index contributed by atoms with van der Waals surface area (Å²) in [5, 5.41) is 1.26. The van der Waals surface area contributed by atoms with Crippen LogP contribution in [-0.2, 0) is 21.4 Å². The molecule has 4 atom stereocenters. The summed E-state index contributed by atoms with van der Waals surface area (Å²) in [5.41, 5.74) is 4.36. The number of H-pyrrole nitrogens is 1. The number of fused-ring (bicyclic) bond motifs is 3. The predicted molar refractivity (Wildman–Crippen MR) is 97.5 cm³/mol. The minimum Gasteiger partial charge on any atom is -0.468 e. The fourth-order valence-electron chi connectivity index (χ4n) is 5.71. The first-order valence-electron chi connectivity index (χ1n) is 9.32.